The van der Waals surface area contributed by atoms with Gasteiger partial charge in [0.15, 0.2) is 0 Å². The second kappa shape index (κ2) is 5.59. The first kappa shape index (κ1) is 11.0. The van der Waals surface area contributed by atoms with E-state index >= 15 is 0 Å². The lowest BCUT2D eigenvalue weighted by Crippen LogP contribution is -2.05. The van der Waals surface area contributed by atoms with Crippen LogP contribution in [0.3, 0.4) is 0 Å². The van der Waals surface area contributed by atoms with E-state index in [4.69, 9.17) is 5.11 Å². The third-order valence-electron chi connectivity index (χ3n) is 2.39. The first-order valence-corrected chi connectivity index (χ1v) is 4.88. The predicted octanol–water partition coefficient (Wildman–Crippen LogP) is 2.83. The average molecular weight is 158 g/mol. The third-order valence-corrected chi connectivity index (χ3v) is 2.39. The van der Waals surface area contributed by atoms with Crippen molar-refractivity contribution in [1.29, 1.82) is 0 Å². The monoisotopic (exact) mass is 158 g/mol. The van der Waals surface area contributed by atoms with Crippen molar-refractivity contribution in [1.82, 2.24) is 0 Å². The Morgan fingerprint density at radius 2 is 1.73 bits per heavy atom. The molecule has 68 valence electrons. The van der Waals surface area contributed by atoms with Gasteiger partial charge >= 0.3 is 0 Å². The first-order valence-electron chi connectivity index (χ1n) is 4.88. The van der Waals surface area contributed by atoms with Gasteiger partial charge in [-0.25, -0.2) is 0 Å². The summed E-state index contributed by atoms with van der Waals surface area (Å²) in [4.78, 5) is 0. The van der Waals surface area contributed by atoms with Crippen LogP contribution in [0.2, 0.25) is 0 Å². The van der Waals surface area contributed by atoms with Crippen LogP contribution in [0.4, 0.5) is 0 Å². The van der Waals surface area contributed by atoms with Crippen molar-refractivity contribution >= 4 is 0 Å². The Labute approximate surface area is 70.8 Å². The zero-order chi connectivity index (χ0) is 8.85. The molecule has 1 aliphatic carbocycles. The first-order chi connectivity index (χ1) is 5.20. The molecule has 1 fully saturated rings. The molecule has 11 heavy (non-hydrogen) atoms. The Hall–Kier alpha value is -0.0400. The van der Waals surface area contributed by atoms with Crippen molar-refractivity contribution in [2.45, 2.75) is 53.1 Å². The molecule has 0 spiro atoms. The maximum atomic E-state index is 9.15. The molecular formula is C10H22O. The van der Waals surface area contributed by atoms with E-state index in [0.717, 1.165) is 24.7 Å². The van der Waals surface area contributed by atoms with E-state index in [2.05, 4.69) is 13.8 Å². The van der Waals surface area contributed by atoms with E-state index in [1.165, 1.54) is 6.42 Å². The van der Waals surface area contributed by atoms with E-state index in [-0.39, 0.29) is 6.10 Å². The summed E-state index contributed by atoms with van der Waals surface area (Å²) in [5.41, 5.74) is 0. The second-order valence-corrected chi connectivity index (χ2v) is 3.47. The minimum absolute atomic E-state index is 0.0115. The van der Waals surface area contributed by atoms with Gasteiger partial charge in [-0.15, -0.1) is 0 Å². The summed E-state index contributed by atoms with van der Waals surface area (Å²) < 4.78 is 0. The van der Waals surface area contributed by atoms with Crippen LogP contribution in [-0.4, -0.2) is 11.2 Å². The molecule has 1 aliphatic rings. The van der Waals surface area contributed by atoms with Crippen LogP contribution in [-0.2, 0) is 0 Å². The molecule has 1 saturated carbocycles. The number of hydrogen-bond acceptors (Lipinski definition) is 1. The summed E-state index contributed by atoms with van der Waals surface area (Å²) in [5.74, 6) is 1.56. The average Bonchev–Trinajstić information content (AvgIpc) is 2.40. The smallest absolute Gasteiger partial charge is 0.0543 e. The van der Waals surface area contributed by atoms with Gasteiger partial charge in [0.2, 0.25) is 0 Å². The molecule has 1 rings (SSSR count). The summed E-state index contributed by atoms with van der Waals surface area (Å²) >= 11 is 0. The molecule has 0 saturated heterocycles. The molecule has 0 radical (unpaired) electrons. The maximum absolute atomic E-state index is 9.15. The van der Waals surface area contributed by atoms with Crippen LogP contribution in [0.1, 0.15) is 47.0 Å². The highest BCUT2D eigenvalue weighted by atomic mass is 16.3. The minimum Gasteiger partial charge on any atom is -0.393 e. The van der Waals surface area contributed by atoms with Gasteiger partial charge in [0.1, 0.15) is 0 Å². The molecule has 0 aromatic rings. The van der Waals surface area contributed by atoms with Gasteiger partial charge in [0.05, 0.1) is 6.10 Å². The van der Waals surface area contributed by atoms with Crippen LogP contribution in [0.5, 0.6) is 0 Å². The minimum atomic E-state index is 0.0115. The Morgan fingerprint density at radius 3 is 1.91 bits per heavy atom. The van der Waals surface area contributed by atoms with Gasteiger partial charge in [-0.1, -0.05) is 27.7 Å². The number of aliphatic hydroxyl groups is 1. The molecule has 0 heterocycles. The summed E-state index contributed by atoms with van der Waals surface area (Å²) in [6.07, 6.45) is 3.32. The van der Waals surface area contributed by atoms with Crippen molar-refractivity contribution in [3.63, 3.8) is 0 Å². The quantitative estimate of drug-likeness (QED) is 0.622. The fourth-order valence-electron chi connectivity index (χ4n) is 1.60. The zero-order valence-corrected chi connectivity index (χ0v) is 8.30. The predicted molar refractivity (Wildman–Crippen MR) is 49.5 cm³/mol. The van der Waals surface area contributed by atoms with Crippen LogP contribution in [0.15, 0.2) is 0 Å². The Bertz CT molecular complexity index is 88.9. The van der Waals surface area contributed by atoms with E-state index in [1.54, 1.807) is 0 Å². The zero-order valence-electron chi connectivity index (χ0n) is 8.30. The Balaban J connectivity index is 0.000000461. The SMILES string of the molecule is CC.CC(C)C1CCC(O)C1. The number of hydrogen-bond donors (Lipinski definition) is 1. The topological polar surface area (TPSA) is 20.2 Å². The van der Waals surface area contributed by atoms with Crippen LogP contribution in [0.25, 0.3) is 0 Å². The van der Waals surface area contributed by atoms with E-state index in [1.807, 2.05) is 13.8 Å². The molecule has 1 nitrogen and oxygen atoms in total. The lowest BCUT2D eigenvalue weighted by molar-refractivity contribution is 0.173. The summed E-state index contributed by atoms with van der Waals surface area (Å²) in [6.45, 7) is 8.48. The molecule has 2 atom stereocenters. The molecule has 0 aliphatic heterocycles. The van der Waals surface area contributed by atoms with Gasteiger partial charge < -0.3 is 5.11 Å². The summed E-state index contributed by atoms with van der Waals surface area (Å²) in [7, 11) is 0. The Kier molecular flexibility index (Phi) is 5.57. The molecule has 0 amide bonds. The highest BCUT2D eigenvalue weighted by Crippen LogP contribution is 2.30. The second-order valence-electron chi connectivity index (χ2n) is 3.47. The van der Waals surface area contributed by atoms with Crippen LogP contribution < -0.4 is 0 Å². The standard InChI is InChI=1S/C8H16O.C2H6/c1-6(2)7-3-4-8(9)5-7;1-2/h6-9H,3-5H2,1-2H3;1-2H3. The van der Waals surface area contributed by atoms with Crippen molar-refractivity contribution in [3.05, 3.63) is 0 Å². The van der Waals surface area contributed by atoms with Crippen molar-refractivity contribution in [3.8, 4) is 0 Å². The lowest BCUT2D eigenvalue weighted by atomic mass is 9.95. The van der Waals surface area contributed by atoms with Crippen LogP contribution >= 0.6 is 0 Å². The molecule has 0 aromatic carbocycles. The van der Waals surface area contributed by atoms with Crippen LogP contribution in [0, 0.1) is 11.8 Å². The number of aliphatic hydroxyl groups excluding tert-OH is 1. The molecule has 0 bridgehead atoms. The van der Waals surface area contributed by atoms with Gasteiger partial charge in [-0.05, 0) is 31.1 Å². The summed E-state index contributed by atoms with van der Waals surface area (Å²) in [6, 6.07) is 0. The van der Waals surface area contributed by atoms with Gasteiger partial charge in [0.25, 0.3) is 0 Å². The highest BCUT2D eigenvalue weighted by molar-refractivity contribution is 4.76. The largest absolute Gasteiger partial charge is 0.393 e. The van der Waals surface area contributed by atoms with Gasteiger partial charge in [-0.3, -0.25) is 0 Å². The summed E-state index contributed by atoms with van der Waals surface area (Å²) in [5, 5.41) is 9.15. The Morgan fingerprint density at radius 1 is 1.18 bits per heavy atom. The fourth-order valence-corrected chi connectivity index (χ4v) is 1.60. The molecule has 1 heteroatoms. The highest BCUT2D eigenvalue weighted by Gasteiger charge is 2.24. The van der Waals surface area contributed by atoms with Crippen molar-refractivity contribution < 1.29 is 5.11 Å². The van der Waals surface area contributed by atoms with Gasteiger partial charge in [0, 0.05) is 0 Å². The number of rotatable bonds is 1. The molecule has 1 N–H and O–H groups in total. The van der Waals surface area contributed by atoms with Gasteiger partial charge in [-0.2, -0.15) is 0 Å². The lowest BCUT2D eigenvalue weighted by Gasteiger charge is -2.12. The van der Waals surface area contributed by atoms with E-state index in [9.17, 15) is 0 Å². The van der Waals surface area contributed by atoms with Crippen molar-refractivity contribution in [2.24, 2.45) is 11.8 Å². The molecular weight excluding hydrogens is 136 g/mol. The third kappa shape index (κ3) is 3.76. The van der Waals surface area contributed by atoms with Crippen molar-refractivity contribution in [2.75, 3.05) is 0 Å². The molecule has 2 unspecified atom stereocenters. The maximum Gasteiger partial charge on any atom is 0.0543 e. The van der Waals surface area contributed by atoms with E-state index in [0.29, 0.717) is 0 Å². The fraction of sp³-hybridized carbons (Fsp3) is 1.00. The molecule has 0 aromatic heterocycles. The normalized spacial score (nSPS) is 30.0. The van der Waals surface area contributed by atoms with E-state index < -0.39 is 0 Å².